The van der Waals surface area contributed by atoms with Crippen LogP contribution in [0.15, 0.2) is 0 Å². The number of unbranched alkanes of at least 4 members (excludes halogenated alkanes) is 15. The maximum atomic E-state index is 12.2. The van der Waals surface area contributed by atoms with Crippen molar-refractivity contribution in [1.29, 1.82) is 0 Å². The molecule has 5 heteroatoms. The van der Waals surface area contributed by atoms with Gasteiger partial charge in [0, 0.05) is 18.8 Å². The number of aliphatic carboxylic acids is 1. The first-order valence-corrected chi connectivity index (χ1v) is 15.3. The van der Waals surface area contributed by atoms with Gasteiger partial charge in [-0.2, -0.15) is 0 Å². The molecule has 2 unspecified atom stereocenters. The fourth-order valence-electron chi connectivity index (χ4n) is 4.96. The van der Waals surface area contributed by atoms with Crippen LogP contribution < -0.4 is 5.11 Å². The number of quaternary nitrogens is 1. The topological polar surface area (TPSA) is 66.4 Å². The number of likely N-dealkylation sites (N-methyl/N-ethyl adjacent to an activating group) is 1. The van der Waals surface area contributed by atoms with Crippen molar-refractivity contribution >= 4 is 11.9 Å². The van der Waals surface area contributed by atoms with Crippen LogP contribution in [0.5, 0.6) is 0 Å². The smallest absolute Gasteiger partial charge is 0.306 e. The SMILES string of the molecule is CCCCCCCCCCCCCCCCCC(C)CCCCC(=O)OC(CC(=O)[O-])C[N+](C)(C)C. The van der Waals surface area contributed by atoms with Crippen LogP contribution in [0, 0.1) is 5.92 Å². The number of ether oxygens (including phenoxy) is 1. The van der Waals surface area contributed by atoms with E-state index < -0.39 is 12.1 Å². The van der Waals surface area contributed by atoms with E-state index in [1.165, 1.54) is 103 Å². The summed E-state index contributed by atoms with van der Waals surface area (Å²) >= 11 is 0. The molecule has 0 bridgehead atoms. The number of carboxylic acids is 1. The molecule has 2 atom stereocenters. The Hall–Kier alpha value is -1.10. The second kappa shape index (κ2) is 23.0. The van der Waals surface area contributed by atoms with E-state index >= 15 is 0 Å². The lowest BCUT2D eigenvalue weighted by Crippen LogP contribution is -2.45. The van der Waals surface area contributed by atoms with E-state index in [4.69, 9.17) is 4.74 Å². The summed E-state index contributed by atoms with van der Waals surface area (Å²) in [5.41, 5.74) is 0. The van der Waals surface area contributed by atoms with Crippen molar-refractivity contribution in [1.82, 2.24) is 0 Å². The normalized spacial score (nSPS) is 13.5. The molecule has 0 amide bonds. The zero-order valence-electron chi connectivity index (χ0n) is 24.8. The summed E-state index contributed by atoms with van der Waals surface area (Å²) < 4.78 is 5.97. The quantitative estimate of drug-likeness (QED) is 0.0699. The van der Waals surface area contributed by atoms with Gasteiger partial charge in [0.15, 0.2) is 6.10 Å². The number of nitrogens with zero attached hydrogens (tertiary/aromatic N) is 1. The summed E-state index contributed by atoms with van der Waals surface area (Å²) in [6, 6.07) is 0. The number of hydrogen-bond acceptors (Lipinski definition) is 4. The lowest BCUT2D eigenvalue weighted by molar-refractivity contribution is -0.873. The molecule has 0 fully saturated rings. The first kappa shape index (κ1) is 34.9. The fourth-order valence-corrected chi connectivity index (χ4v) is 4.96. The van der Waals surface area contributed by atoms with E-state index in [0.29, 0.717) is 23.4 Å². The van der Waals surface area contributed by atoms with Gasteiger partial charge in [-0.3, -0.25) is 4.79 Å². The summed E-state index contributed by atoms with van der Waals surface area (Å²) in [5, 5.41) is 11.0. The van der Waals surface area contributed by atoms with Crippen LogP contribution in [0.4, 0.5) is 0 Å². The number of carboxylic acid groups (broad SMARTS) is 1. The predicted octanol–water partition coefficient (Wildman–Crippen LogP) is 7.20. The molecule has 0 aromatic rings. The van der Waals surface area contributed by atoms with Gasteiger partial charge in [-0.25, -0.2) is 0 Å². The summed E-state index contributed by atoms with van der Waals surface area (Å²) in [5.74, 6) is -0.759. The second-order valence-corrected chi connectivity index (χ2v) is 12.3. The number of rotatable bonds is 26. The molecule has 0 heterocycles. The van der Waals surface area contributed by atoms with Crippen LogP contribution in [0.25, 0.3) is 0 Å². The number of carbonyl (C=O) groups excluding carboxylic acids is 2. The zero-order valence-corrected chi connectivity index (χ0v) is 24.8. The van der Waals surface area contributed by atoms with Crippen LogP contribution in [-0.2, 0) is 14.3 Å². The Morgan fingerprint density at radius 1 is 0.694 bits per heavy atom. The molecule has 0 aliphatic rings. The fraction of sp³-hybridized carbons (Fsp3) is 0.935. The highest BCUT2D eigenvalue weighted by atomic mass is 16.5. The summed E-state index contributed by atoms with van der Waals surface area (Å²) in [7, 11) is 5.86. The molecule has 5 nitrogen and oxygen atoms in total. The molecule has 0 aromatic carbocycles. The van der Waals surface area contributed by atoms with E-state index in [-0.39, 0.29) is 12.4 Å². The molecule has 0 radical (unpaired) electrons. The summed E-state index contributed by atoms with van der Waals surface area (Å²) in [6.45, 7) is 5.07. The summed E-state index contributed by atoms with van der Waals surface area (Å²) in [6.07, 6.45) is 24.8. The largest absolute Gasteiger partial charge is 0.550 e. The van der Waals surface area contributed by atoms with Gasteiger partial charge >= 0.3 is 5.97 Å². The van der Waals surface area contributed by atoms with Crippen molar-refractivity contribution in [2.45, 2.75) is 155 Å². The van der Waals surface area contributed by atoms with Crippen LogP contribution in [0.3, 0.4) is 0 Å². The number of carbonyl (C=O) groups is 2. The van der Waals surface area contributed by atoms with Gasteiger partial charge in [-0.05, 0) is 12.3 Å². The number of hydrogen-bond donors (Lipinski definition) is 0. The van der Waals surface area contributed by atoms with Gasteiger partial charge < -0.3 is 19.1 Å². The lowest BCUT2D eigenvalue weighted by atomic mass is 9.96. The Morgan fingerprint density at radius 2 is 1.11 bits per heavy atom. The van der Waals surface area contributed by atoms with Crippen LogP contribution in [-0.4, -0.2) is 50.2 Å². The van der Waals surface area contributed by atoms with E-state index in [9.17, 15) is 14.7 Å². The van der Waals surface area contributed by atoms with Crippen molar-refractivity contribution in [3.63, 3.8) is 0 Å². The van der Waals surface area contributed by atoms with Crippen molar-refractivity contribution in [3.05, 3.63) is 0 Å². The van der Waals surface area contributed by atoms with Crippen LogP contribution in [0.2, 0.25) is 0 Å². The number of esters is 1. The van der Waals surface area contributed by atoms with Crippen molar-refractivity contribution < 1.29 is 23.9 Å². The summed E-state index contributed by atoms with van der Waals surface area (Å²) in [4.78, 5) is 23.1. The molecular formula is C31H61NO4. The third-order valence-electron chi connectivity index (χ3n) is 7.07. The molecule has 0 saturated heterocycles. The van der Waals surface area contributed by atoms with E-state index in [1.54, 1.807) is 0 Å². The monoisotopic (exact) mass is 511 g/mol. The van der Waals surface area contributed by atoms with E-state index in [1.807, 2.05) is 21.1 Å². The first-order chi connectivity index (χ1) is 17.1. The molecule has 36 heavy (non-hydrogen) atoms. The van der Waals surface area contributed by atoms with Crippen molar-refractivity contribution in [2.24, 2.45) is 5.92 Å². The van der Waals surface area contributed by atoms with Gasteiger partial charge in [0.05, 0.1) is 21.1 Å². The molecule has 0 rings (SSSR count). The average Bonchev–Trinajstić information content (AvgIpc) is 2.77. The van der Waals surface area contributed by atoms with Gasteiger partial charge in [0.25, 0.3) is 0 Å². The highest BCUT2D eigenvalue weighted by Crippen LogP contribution is 2.19. The maximum Gasteiger partial charge on any atom is 0.306 e. The minimum atomic E-state index is -1.17. The van der Waals surface area contributed by atoms with Crippen molar-refractivity contribution in [2.75, 3.05) is 27.7 Å². The molecule has 0 aliphatic carbocycles. The Kier molecular flexibility index (Phi) is 22.3. The van der Waals surface area contributed by atoms with Gasteiger partial charge in [-0.1, -0.05) is 129 Å². The highest BCUT2D eigenvalue weighted by Gasteiger charge is 2.22. The molecule has 0 N–H and O–H groups in total. The molecule has 0 spiro atoms. The van der Waals surface area contributed by atoms with E-state index in [2.05, 4.69) is 13.8 Å². The Morgan fingerprint density at radius 3 is 1.53 bits per heavy atom. The molecule has 214 valence electrons. The van der Waals surface area contributed by atoms with Gasteiger partial charge in [-0.15, -0.1) is 0 Å². The Balaban J connectivity index is 3.58. The average molecular weight is 512 g/mol. The third kappa shape index (κ3) is 26.0. The Bertz CT molecular complexity index is 529. The molecule has 0 saturated carbocycles. The minimum absolute atomic E-state index is 0.239. The first-order valence-electron chi connectivity index (χ1n) is 15.3. The lowest BCUT2D eigenvalue weighted by Gasteiger charge is -2.29. The standard InChI is InChI=1S/C31H61NO4/c1-6-7-8-9-10-11-12-13-14-15-16-17-18-19-20-23-28(2)24-21-22-25-31(35)36-29(26-30(33)34)27-32(3,4)5/h28-29H,6-27H2,1-5H3. The molecular weight excluding hydrogens is 450 g/mol. The molecule has 0 aromatic heterocycles. The van der Waals surface area contributed by atoms with Crippen LogP contribution in [0.1, 0.15) is 149 Å². The van der Waals surface area contributed by atoms with E-state index in [0.717, 1.165) is 19.3 Å². The van der Waals surface area contributed by atoms with Crippen LogP contribution >= 0.6 is 0 Å². The maximum absolute atomic E-state index is 12.2. The van der Waals surface area contributed by atoms with Gasteiger partial charge in [0.1, 0.15) is 6.54 Å². The highest BCUT2D eigenvalue weighted by molar-refractivity contribution is 5.70. The van der Waals surface area contributed by atoms with Gasteiger partial charge in [0.2, 0.25) is 0 Å². The zero-order chi connectivity index (χ0) is 27.1. The molecule has 0 aliphatic heterocycles. The third-order valence-corrected chi connectivity index (χ3v) is 7.07. The minimum Gasteiger partial charge on any atom is -0.550 e. The second-order valence-electron chi connectivity index (χ2n) is 12.3. The van der Waals surface area contributed by atoms with Crippen molar-refractivity contribution in [3.8, 4) is 0 Å². The Labute approximate surface area is 224 Å². The predicted molar refractivity (Wildman–Crippen MR) is 150 cm³/mol.